The van der Waals surface area contributed by atoms with E-state index in [1.807, 2.05) is 25.1 Å². The highest BCUT2D eigenvalue weighted by molar-refractivity contribution is 6.33. The van der Waals surface area contributed by atoms with Gasteiger partial charge in [0, 0.05) is 0 Å². The number of likely N-dealkylation sites (tertiary alicyclic amines) is 1. The first kappa shape index (κ1) is 14.4. The van der Waals surface area contributed by atoms with Gasteiger partial charge < -0.3 is 5.32 Å². The van der Waals surface area contributed by atoms with E-state index in [9.17, 15) is 4.79 Å². The Morgan fingerprint density at radius 2 is 2.00 bits per heavy atom. The van der Waals surface area contributed by atoms with Crippen LogP contribution in [0.15, 0.2) is 24.3 Å². The van der Waals surface area contributed by atoms with Crippen molar-refractivity contribution in [1.29, 1.82) is 0 Å². The quantitative estimate of drug-likeness (QED) is 0.920. The lowest BCUT2D eigenvalue weighted by molar-refractivity contribution is -0.121. The summed E-state index contributed by atoms with van der Waals surface area (Å²) in [7, 11) is 0. The van der Waals surface area contributed by atoms with Crippen molar-refractivity contribution >= 4 is 23.2 Å². The van der Waals surface area contributed by atoms with Gasteiger partial charge in [0.05, 0.1) is 16.8 Å². The molecule has 0 saturated carbocycles. The average Bonchev–Trinajstić information content (AvgIpc) is 2.41. The molecule has 3 nitrogen and oxygen atoms in total. The molecule has 1 aromatic rings. The molecule has 1 heterocycles. The molecular weight excluding hydrogens is 260 g/mol. The number of amides is 1. The first-order chi connectivity index (χ1) is 9.08. The Bertz CT molecular complexity index is 442. The van der Waals surface area contributed by atoms with Crippen molar-refractivity contribution in [1.82, 2.24) is 4.90 Å². The number of carbonyl (C=O) groups excluding carboxylic acids is 1. The highest BCUT2D eigenvalue weighted by atomic mass is 35.5. The van der Waals surface area contributed by atoms with Gasteiger partial charge >= 0.3 is 0 Å². The molecule has 19 heavy (non-hydrogen) atoms. The molecule has 0 radical (unpaired) electrons. The second-order valence-corrected chi connectivity index (χ2v) is 5.77. The van der Waals surface area contributed by atoms with Gasteiger partial charge in [0.1, 0.15) is 0 Å². The van der Waals surface area contributed by atoms with Gasteiger partial charge in [-0.3, -0.25) is 9.69 Å². The van der Waals surface area contributed by atoms with E-state index in [0.29, 0.717) is 10.7 Å². The van der Waals surface area contributed by atoms with Crippen LogP contribution in [-0.2, 0) is 4.79 Å². The van der Waals surface area contributed by atoms with E-state index in [1.54, 1.807) is 6.07 Å². The monoisotopic (exact) mass is 280 g/mol. The maximum absolute atomic E-state index is 12.2. The fourth-order valence-electron chi connectivity index (χ4n) is 2.38. The van der Waals surface area contributed by atoms with Gasteiger partial charge in [0.15, 0.2) is 0 Å². The van der Waals surface area contributed by atoms with Crippen LogP contribution in [0, 0.1) is 5.92 Å². The summed E-state index contributed by atoms with van der Waals surface area (Å²) in [5.74, 6) is 0.790. The second kappa shape index (κ2) is 6.40. The summed E-state index contributed by atoms with van der Waals surface area (Å²) in [4.78, 5) is 14.5. The Morgan fingerprint density at radius 3 is 2.63 bits per heavy atom. The van der Waals surface area contributed by atoms with E-state index in [4.69, 9.17) is 11.6 Å². The molecule has 0 aromatic heterocycles. The predicted octanol–water partition coefficient (Wildman–Crippen LogP) is 3.40. The number of halogens is 1. The third-order valence-electron chi connectivity index (χ3n) is 3.88. The molecule has 1 aliphatic heterocycles. The summed E-state index contributed by atoms with van der Waals surface area (Å²) in [5.41, 5.74) is 0.686. The first-order valence-electron chi connectivity index (χ1n) is 6.87. The third-order valence-corrected chi connectivity index (χ3v) is 4.21. The van der Waals surface area contributed by atoms with Gasteiger partial charge in [-0.2, -0.15) is 0 Å². The number of nitrogens with zero attached hydrogens (tertiary/aromatic N) is 1. The number of anilines is 1. The molecule has 1 amide bonds. The van der Waals surface area contributed by atoms with Crippen LogP contribution in [0.25, 0.3) is 0 Å². The van der Waals surface area contributed by atoms with E-state index < -0.39 is 0 Å². The van der Waals surface area contributed by atoms with Crippen molar-refractivity contribution < 1.29 is 4.79 Å². The van der Waals surface area contributed by atoms with Crippen molar-refractivity contribution in [2.24, 2.45) is 5.92 Å². The van der Waals surface area contributed by atoms with Gasteiger partial charge in [-0.1, -0.05) is 30.7 Å². The third kappa shape index (κ3) is 3.71. The van der Waals surface area contributed by atoms with Crippen LogP contribution < -0.4 is 5.32 Å². The van der Waals surface area contributed by atoms with E-state index in [-0.39, 0.29) is 11.9 Å². The zero-order valence-corrected chi connectivity index (χ0v) is 12.3. The fourth-order valence-corrected chi connectivity index (χ4v) is 2.56. The van der Waals surface area contributed by atoms with Crippen LogP contribution in [0.3, 0.4) is 0 Å². The number of hydrogen-bond donors (Lipinski definition) is 1. The number of para-hydroxylation sites is 1. The zero-order valence-electron chi connectivity index (χ0n) is 11.5. The number of nitrogens with one attached hydrogen (secondary N) is 1. The van der Waals surface area contributed by atoms with E-state index in [2.05, 4.69) is 17.1 Å². The summed E-state index contributed by atoms with van der Waals surface area (Å²) in [5, 5.41) is 3.48. The van der Waals surface area contributed by atoms with E-state index >= 15 is 0 Å². The Hall–Kier alpha value is -1.06. The minimum Gasteiger partial charge on any atom is -0.323 e. The lowest BCUT2D eigenvalue weighted by Crippen LogP contribution is -2.45. The molecule has 2 rings (SSSR count). The minimum atomic E-state index is -0.108. The lowest BCUT2D eigenvalue weighted by Gasteiger charge is -2.34. The molecule has 0 aliphatic carbocycles. The van der Waals surface area contributed by atoms with Crippen molar-refractivity contribution in [3.05, 3.63) is 29.3 Å². The number of benzene rings is 1. The fraction of sp³-hybridized carbons (Fsp3) is 0.533. The van der Waals surface area contributed by atoms with Crippen molar-refractivity contribution in [2.45, 2.75) is 32.7 Å². The molecule has 0 unspecified atom stereocenters. The molecule has 1 aliphatic rings. The predicted molar refractivity (Wildman–Crippen MR) is 79.5 cm³/mol. The zero-order chi connectivity index (χ0) is 13.8. The molecule has 1 atom stereocenters. The molecule has 104 valence electrons. The lowest BCUT2D eigenvalue weighted by atomic mass is 9.98. The summed E-state index contributed by atoms with van der Waals surface area (Å²) in [6, 6.07) is 7.22. The summed E-state index contributed by atoms with van der Waals surface area (Å²) in [6.07, 6.45) is 2.34. The standard InChI is InChI=1S/C15H21ClN2O/c1-11-7-9-18(10-8-11)12(2)15(19)17-14-6-4-3-5-13(14)16/h3-6,11-12H,7-10H2,1-2H3,(H,17,19)/t12-/m1/s1. The molecule has 1 N–H and O–H groups in total. The maximum Gasteiger partial charge on any atom is 0.241 e. The van der Waals surface area contributed by atoms with E-state index in [0.717, 1.165) is 19.0 Å². The van der Waals surface area contributed by atoms with Crippen LogP contribution in [0.2, 0.25) is 5.02 Å². The Kier molecular flexibility index (Phi) is 4.83. The average molecular weight is 281 g/mol. The van der Waals surface area contributed by atoms with Gasteiger partial charge in [-0.05, 0) is 50.9 Å². The molecule has 1 fully saturated rings. The highest BCUT2D eigenvalue weighted by Crippen LogP contribution is 2.22. The van der Waals surface area contributed by atoms with Crippen molar-refractivity contribution in [3.63, 3.8) is 0 Å². The largest absolute Gasteiger partial charge is 0.323 e. The Balaban J connectivity index is 1.94. The summed E-state index contributed by atoms with van der Waals surface area (Å²) >= 11 is 6.05. The molecule has 1 aromatic carbocycles. The maximum atomic E-state index is 12.2. The summed E-state index contributed by atoms with van der Waals surface area (Å²) in [6.45, 7) is 6.23. The smallest absolute Gasteiger partial charge is 0.241 e. The normalized spacial score (nSPS) is 19.1. The van der Waals surface area contributed by atoms with Crippen molar-refractivity contribution in [2.75, 3.05) is 18.4 Å². The number of hydrogen-bond acceptors (Lipinski definition) is 2. The number of rotatable bonds is 3. The van der Waals surface area contributed by atoms with Crippen LogP contribution >= 0.6 is 11.6 Å². The number of piperidine rings is 1. The van der Waals surface area contributed by atoms with Crippen LogP contribution in [0.1, 0.15) is 26.7 Å². The van der Waals surface area contributed by atoms with Gasteiger partial charge in [-0.15, -0.1) is 0 Å². The van der Waals surface area contributed by atoms with Crippen molar-refractivity contribution in [3.8, 4) is 0 Å². The Labute approximate surface area is 119 Å². The molecule has 0 spiro atoms. The molecular formula is C15H21ClN2O. The first-order valence-corrected chi connectivity index (χ1v) is 7.25. The second-order valence-electron chi connectivity index (χ2n) is 5.36. The minimum absolute atomic E-state index is 0.0163. The molecule has 0 bridgehead atoms. The van der Waals surface area contributed by atoms with Gasteiger partial charge in [0.25, 0.3) is 0 Å². The van der Waals surface area contributed by atoms with E-state index in [1.165, 1.54) is 12.8 Å². The summed E-state index contributed by atoms with van der Waals surface area (Å²) < 4.78 is 0. The highest BCUT2D eigenvalue weighted by Gasteiger charge is 2.25. The van der Waals surface area contributed by atoms with Gasteiger partial charge in [0.2, 0.25) is 5.91 Å². The Morgan fingerprint density at radius 1 is 1.37 bits per heavy atom. The van der Waals surface area contributed by atoms with Crippen LogP contribution in [0.4, 0.5) is 5.69 Å². The molecule has 1 saturated heterocycles. The number of carbonyl (C=O) groups is 1. The van der Waals surface area contributed by atoms with Crippen LogP contribution in [-0.4, -0.2) is 29.9 Å². The SMILES string of the molecule is CC1CCN([C@H](C)C(=O)Nc2ccccc2Cl)CC1. The molecule has 4 heteroatoms. The van der Waals surface area contributed by atoms with Crippen LogP contribution in [0.5, 0.6) is 0 Å². The van der Waals surface area contributed by atoms with Gasteiger partial charge in [-0.25, -0.2) is 0 Å². The topological polar surface area (TPSA) is 32.3 Å².